The number of nitrogens with two attached hydrogens (primary N) is 1. The van der Waals surface area contributed by atoms with E-state index in [0.717, 1.165) is 0 Å². The van der Waals surface area contributed by atoms with Gasteiger partial charge in [-0.1, -0.05) is 19.9 Å². The van der Waals surface area contributed by atoms with Crippen LogP contribution in [0.15, 0.2) is 65.1 Å². The van der Waals surface area contributed by atoms with Gasteiger partial charge in [-0.15, -0.1) is 0 Å². The van der Waals surface area contributed by atoms with Crippen LogP contribution in [0.1, 0.15) is 38.2 Å². The molecule has 7 heteroatoms. The van der Waals surface area contributed by atoms with Crippen molar-refractivity contribution in [1.82, 2.24) is 0 Å². The third kappa shape index (κ3) is 3.48. The SMILES string of the molecule is COc1ccc([C@H]2C(C#N)=C(N)N(c3ccc(F)cc3)C3=C2C(=O)CC(C)(C)C3)cc1O. The summed E-state index contributed by atoms with van der Waals surface area (Å²) in [5.41, 5.74) is 8.72. The molecule has 1 aliphatic carbocycles. The second-order valence-corrected chi connectivity index (χ2v) is 8.89. The molecule has 0 aromatic heterocycles. The summed E-state index contributed by atoms with van der Waals surface area (Å²) in [4.78, 5) is 15.1. The predicted molar refractivity (Wildman–Crippen MR) is 118 cm³/mol. The van der Waals surface area contributed by atoms with Gasteiger partial charge in [0.25, 0.3) is 0 Å². The molecule has 164 valence electrons. The Labute approximate surface area is 186 Å². The third-order valence-corrected chi connectivity index (χ3v) is 6.00. The average molecular weight is 433 g/mol. The van der Waals surface area contributed by atoms with Crippen LogP contribution in [0.4, 0.5) is 10.1 Å². The fourth-order valence-corrected chi connectivity index (χ4v) is 4.61. The Morgan fingerprint density at radius 1 is 1.22 bits per heavy atom. The number of Topliss-reactive ketones (excluding diaryl/α,β-unsaturated/α-hetero) is 1. The van der Waals surface area contributed by atoms with Gasteiger partial charge in [0.1, 0.15) is 11.6 Å². The van der Waals surface area contributed by atoms with Gasteiger partial charge >= 0.3 is 0 Å². The summed E-state index contributed by atoms with van der Waals surface area (Å²) in [7, 11) is 1.45. The van der Waals surface area contributed by atoms with E-state index in [1.807, 2.05) is 13.8 Å². The normalized spacial score (nSPS) is 20.2. The molecule has 0 saturated heterocycles. The number of rotatable bonds is 3. The lowest BCUT2D eigenvalue weighted by atomic mass is 9.68. The number of halogens is 1. The number of phenols is 1. The van der Waals surface area contributed by atoms with Gasteiger partial charge in [0, 0.05) is 23.4 Å². The van der Waals surface area contributed by atoms with Crippen molar-refractivity contribution in [2.75, 3.05) is 12.0 Å². The first-order chi connectivity index (χ1) is 15.2. The molecule has 0 amide bonds. The number of carbonyl (C=O) groups excluding carboxylic acids is 1. The van der Waals surface area contributed by atoms with Crippen molar-refractivity contribution in [2.24, 2.45) is 11.1 Å². The fraction of sp³-hybridized carbons (Fsp3) is 0.280. The van der Waals surface area contributed by atoms with Crippen LogP contribution in [0.3, 0.4) is 0 Å². The summed E-state index contributed by atoms with van der Waals surface area (Å²) in [6.45, 7) is 4.01. The molecule has 2 aromatic carbocycles. The largest absolute Gasteiger partial charge is 0.504 e. The number of nitrogens with zero attached hydrogens (tertiary/aromatic N) is 2. The number of hydrogen-bond acceptors (Lipinski definition) is 6. The number of allylic oxidation sites excluding steroid dienone is 3. The first-order valence-electron chi connectivity index (χ1n) is 10.3. The quantitative estimate of drug-likeness (QED) is 0.740. The van der Waals surface area contributed by atoms with E-state index < -0.39 is 11.7 Å². The van der Waals surface area contributed by atoms with Crippen molar-refractivity contribution >= 4 is 11.5 Å². The van der Waals surface area contributed by atoms with Gasteiger partial charge in [-0.3, -0.25) is 9.69 Å². The maximum atomic E-state index is 13.6. The molecular weight excluding hydrogens is 409 g/mol. The molecule has 0 bridgehead atoms. The maximum absolute atomic E-state index is 13.6. The Balaban J connectivity index is 1.98. The number of ketones is 1. The molecule has 2 aromatic rings. The number of anilines is 1. The Bertz CT molecular complexity index is 1210. The van der Waals surface area contributed by atoms with Crippen molar-refractivity contribution in [3.05, 3.63) is 76.5 Å². The molecule has 2 aliphatic rings. The molecule has 6 nitrogen and oxygen atoms in total. The highest BCUT2D eigenvalue weighted by Gasteiger charge is 2.44. The first kappa shape index (κ1) is 21.4. The van der Waals surface area contributed by atoms with E-state index in [-0.39, 0.29) is 28.3 Å². The monoisotopic (exact) mass is 433 g/mol. The van der Waals surface area contributed by atoms with E-state index >= 15 is 0 Å². The first-order valence-corrected chi connectivity index (χ1v) is 10.3. The minimum absolute atomic E-state index is 0.0797. The lowest BCUT2D eigenvalue weighted by Crippen LogP contribution is -2.42. The third-order valence-electron chi connectivity index (χ3n) is 6.00. The number of phenolic OH excluding ortho intramolecular Hbond substituents is 1. The summed E-state index contributed by atoms with van der Waals surface area (Å²) in [6, 6.07) is 12.8. The van der Waals surface area contributed by atoms with Crippen LogP contribution in [0.2, 0.25) is 0 Å². The highest BCUT2D eigenvalue weighted by Crippen LogP contribution is 2.50. The molecule has 0 unspecified atom stereocenters. The Morgan fingerprint density at radius 3 is 2.50 bits per heavy atom. The molecular formula is C25H24FN3O3. The van der Waals surface area contributed by atoms with Crippen LogP contribution in [0.25, 0.3) is 0 Å². The van der Waals surface area contributed by atoms with Gasteiger partial charge < -0.3 is 15.6 Å². The average Bonchev–Trinajstić information content (AvgIpc) is 2.73. The van der Waals surface area contributed by atoms with E-state index in [1.165, 1.54) is 25.3 Å². The summed E-state index contributed by atoms with van der Waals surface area (Å²) in [5.74, 6) is -0.805. The summed E-state index contributed by atoms with van der Waals surface area (Å²) < 4.78 is 18.7. The molecule has 1 heterocycles. The fourth-order valence-electron chi connectivity index (χ4n) is 4.61. The van der Waals surface area contributed by atoms with Crippen LogP contribution in [0, 0.1) is 22.6 Å². The zero-order valence-corrected chi connectivity index (χ0v) is 18.1. The van der Waals surface area contributed by atoms with E-state index in [9.17, 15) is 19.6 Å². The summed E-state index contributed by atoms with van der Waals surface area (Å²) in [6.07, 6.45) is 0.865. The second kappa shape index (κ2) is 7.72. The molecule has 0 saturated carbocycles. The number of methoxy groups -OCH3 is 1. The number of benzene rings is 2. The lowest BCUT2D eigenvalue weighted by molar-refractivity contribution is -0.118. The van der Waals surface area contributed by atoms with Crippen molar-refractivity contribution in [2.45, 2.75) is 32.6 Å². The van der Waals surface area contributed by atoms with Crippen LogP contribution >= 0.6 is 0 Å². The van der Waals surface area contributed by atoms with Crippen molar-refractivity contribution < 1.29 is 19.0 Å². The topological polar surface area (TPSA) is 99.6 Å². The Hall–Kier alpha value is -3.79. The van der Waals surface area contributed by atoms with E-state index in [2.05, 4.69) is 6.07 Å². The highest BCUT2D eigenvalue weighted by molar-refractivity contribution is 6.01. The lowest BCUT2D eigenvalue weighted by Gasteiger charge is -2.43. The van der Waals surface area contributed by atoms with Crippen LogP contribution < -0.4 is 15.4 Å². The molecule has 0 fully saturated rings. The summed E-state index contributed by atoms with van der Waals surface area (Å²) in [5, 5.41) is 20.4. The van der Waals surface area contributed by atoms with Gasteiger partial charge in [-0.05, 0) is 53.8 Å². The molecule has 32 heavy (non-hydrogen) atoms. The standard InChI is InChI=1S/C25H24FN3O3/c1-25(2)11-18-23(20(31)12-25)22(14-4-9-21(32-3)19(30)10-14)17(13-27)24(28)29(18)16-7-5-15(26)6-8-16/h4-10,22,30H,11-12,28H2,1-3H3/t22-/m0/s1. The molecule has 1 atom stereocenters. The second-order valence-electron chi connectivity index (χ2n) is 8.89. The Kier molecular flexibility index (Phi) is 5.17. The minimum atomic E-state index is -0.716. The maximum Gasteiger partial charge on any atom is 0.162 e. The number of hydrogen-bond donors (Lipinski definition) is 2. The molecule has 0 radical (unpaired) electrons. The predicted octanol–water partition coefficient (Wildman–Crippen LogP) is 4.48. The Morgan fingerprint density at radius 2 is 1.91 bits per heavy atom. The number of carbonyl (C=O) groups is 1. The number of ether oxygens (including phenoxy) is 1. The van der Waals surface area contributed by atoms with Crippen LogP contribution in [0.5, 0.6) is 11.5 Å². The molecule has 1 aliphatic heterocycles. The van der Waals surface area contributed by atoms with Crippen LogP contribution in [-0.2, 0) is 4.79 Å². The van der Waals surface area contributed by atoms with E-state index in [1.54, 1.807) is 29.2 Å². The zero-order chi connectivity index (χ0) is 23.2. The molecule has 0 spiro atoms. The summed E-state index contributed by atoms with van der Waals surface area (Å²) >= 11 is 0. The smallest absolute Gasteiger partial charge is 0.162 e. The van der Waals surface area contributed by atoms with E-state index in [4.69, 9.17) is 10.5 Å². The molecule has 3 N–H and O–H groups in total. The minimum Gasteiger partial charge on any atom is -0.504 e. The van der Waals surface area contributed by atoms with Crippen LogP contribution in [-0.4, -0.2) is 18.0 Å². The van der Waals surface area contributed by atoms with Gasteiger partial charge in [0.15, 0.2) is 17.3 Å². The molecule has 4 rings (SSSR count). The van der Waals surface area contributed by atoms with E-state index in [0.29, 0.717) is 41.1 Å². The van der Waals surface area contributed by atoms with Gasteiger partial charge in [-0.25, -0.2) is 4.39 Å². The van der Waals surface area contributed by atoms with Crippen molar-refractivity contribution in [3.8, 4) is 17.6 Å². The van der Waals surface area contributed by atoms with Gasteiger partial charge in [0.2, 0.25) is 0 Å². The highest BCUT2D eigenvalue weighted by atomic mass is 19.1. The van der Waals surface area contributed by atoms with Gasteiger partial charge in [-0.2, -0.15) is 5.26 Å². The van der Waals surface area contributed by atoms with Crippen molar-refractivity contribution in [3.63, 3.8) is 0 Å². The number of aromatic hydroxyl groups is 1. The number of nitriles is 1. The van der Waals surface area contributed by atoms with Crippen molar-refractivity contribution in [1.29, 1.82) is 5.26 Å². The zero-order valence-electron chi connectivity index (χ0n) is 18.1. The van der Waals surface area contributed by atoms with Gasteiger partial charge in [0.05, 0.1) is 24.7 Å².